The van der Waals surface area contributed by atoms with Gasteiger partial charge < -0.3 is 10.2 Å². The molecule has 1 N–H and O–H groups in total. The molecule has 22 heavy (non-hydrogen) atoms. The van der Waals surface area contributed by atoms with Gasteiger partial charge in [0.05, 0.1) is 0 Å². The van der Waals surface area contributed by atoms with Crippen LogP contribution in [0.3, 0.4) is 0 Å². The highest BCUT2D eigenvalue weighted by Crippen LogP contribution is 2.52. The Bertz CT molecular complexity index is 563. The average molecular weight is 317 g/mol. The Morgan fingerprint density at radius 1 is 1.23 bits per heavy atom. The van der Waals surface area contributed by atoms with Crippen molar-refractivity contribution >= 4 is 23.0 Å². The lowest BCUT2D eigenvalue weighted by Crippen LogP contribution is -2.39. The smallest absolute Gasteiger partial charge is 0.173 e. The molecule has 1 aliphatic heterocycles. The van der Waals surface area contributed by atoms with E-state index in [0.29, 0.717) is 16.9 Å². The maximum atomic E-state index is 5.72. The lowest BCUT2D eigenvalue weighted by Gasteiger charge is -2.39. The zero-order chi connectivity index (χ0) is 16.0. The standard InChI is InChI=1S/C19H28N2S/c1-5-14-6-8-15(9-7-14)20-17(22)21-13-19(4)11-16(21)10-18(2,3)12-19/h6-9,16H,5,10-13H2,1-4H3,(H,20,22)/t16-,19-/m0/s1. The zero-order valence-corrected chi connectivity index (χ0v) is 15.1. The number of nitrogens with zero attached hydrogens (tertiary/aromatic N) is 1. The quantitative estimate of drug-likeness (QED) is 0.785. The summed E-state index contributed by atoms with van der Waals surface area (Å²) in [5.74, 6) is 0. The maximum absolute atomic E-state index is 5.72. The van der Waals surface area contributed by atoms with E-state index in [-0.39, 0.29) is 0 Å². The van der Waals surface area contributed by atoms with E-state index in [1.807, 2.05) is 0 Å². The van der Waals surface area contributed by atoms with E-state index in [4.69, 9.17) is 12.2 Å². The highest BCUT2D eigenvalue weighted by Gasteiger charge is 2.50. The number of aryl methyl sites for hydroxylation is 1. The van der Waals surface area contributed by atoms with Gasteiger partial charge in [-0.3, -0.25) is 0 Å². The van der Waals surface area contributed by atoms with E-state index in [0.717, 1.165) is 23.8 Å². The van der Waals surface area contributed by atoms with Crippen molar-refractivity contribution < 1.29 is 0 Å². The average Bonchev–Trinajstić information content (AvgIpc) is 2.69. The summed E-state index contributed by atoms with van der Waals surface area (Å²) in [6, 6.07) is 9.23. The minimum atomic E-state index is 0.421. The van der Waals surface area contributed by atoms with Crippen LogP contribution < -0.4 is 5.32 Å². The highest BCUT2D eigenvalue weighted by atomic mass is 32.1. The van der Waals surface area contributed by atoms with Crippen LogP contribution in [0.15, 0.2) is 24.3 Å². The summed E-state index contributed by atoms with van der Waals surface area (Å²) in [6.45, 7) is 10.5. The minimum Gasteiger partial charge on any atom is -0.345 e. The first-order chi connectivity index (χ1) is 10.3. The molecule has 1 aliphatic carbocycles. The fourth-order valence-electron chi connectivity index (χ4n) is 4.72. The maximum Gasteiger partial charge on any atom is 0.173 e. The van der Waals surface area contributed by atoms with Gasteiger partial charge in [-0.25, -0.2) is 0 Å². The van der Waals surface area contributed by atoms with E-state index in [9.17, 15) is 0 Å². The Morgan fingerprint density at radius 2 is 1.91 bits per heavy atom. The number of rotatable bonds is 2. The number of hydrogen-bond donors (Lipinski definition) is 1. The van der Waals surface area contributed by atoms with Gasteiger partial charge in [0, 0.05) is 18.3 Å². The number of thiocarbonyl (C=S) groups is 1. The number of benzene rings is 1. The van der Waals surface area contributed by atoms with Crippen LogP contribution in [0.2, 0.25) is 0 Å². The molecule has 2 nitrogen and oxygen atoms in total. The Balaban J connectivity index is 1.70. The lowest BCUT2D eigenvalue weighted by molar-refractivity contribution is 0.132. The second-order valence-corrected chi connectivity index (χ2v) is 8.71. The zero-order valence-electron chi connectivity index (χ0n) is 14.3. The van der Waals surface area contributed by atoms with E-state index in [1.165, 1.54) is 24.8 Å². The molecule has 2 fully saturated rings. The topological polar surface area (TPSA) is 15.3 Å². The molecule has 0 spiro atoms. The molecule has 120 valence electrons. The molecule has 1 saturated heterocycles. The van der Waals surface area contributed by atoms with Crippen molar-refractivity contribution in [3.8, 4) is 0 Å². The monoisotopic (exact) mass is 316 g/mol. The number of anilines is 1. The first-order valence-corrected chi connectivity index (χ1v) is 8.88. The van der Waals surface area contributed by atoms with Crippen molar-refractivity contribution in [3.05, 3.63) is 29.8 Å². The molecule has 3 heteroatoms. The molecule has 0 unspecified atom stereocenters. The van der Waals surface area contributed by atoms with Gasteiger partial charge in [0.15, 0.2) is 5.11 Å². The third kappa shape index (κ3) is 3.15. The van der Waals surface area contributed by atoms with Gasteiger partial charge in [0.25, 0.3) is 0 Å². The van der Waals surface area contributed by atoms with Crippen molar-refractivity contribution in [3.63, 3.8) is 0 Å². The molecular weight excluding hydrogens is 288 g/mol. The van der Waals surface area contributed by atoms with Crippen LogP contribution in [-0.4, -0.2) is 22.6 Å². The molecule has 1 aromatic carbocycles. The summed E-state index contributed by atoms with van der Waals surface area (Å²) < 4.78 is 0. The van der Waals surface area contributed by atoms with Crippen molar-refractivity contribution in [2.75, 3.05) is 11.9 Å². The Labute approximate surface area is 140 Å². The molecule has 1 heterocycles. The SMILES string of the molecule is CCc1ccc(NC(=S)N2C[C@@]3(C)C[C@@H]2CC(C)(C)C3)cc1. The molecule has 0 radical (unpaired) electrons. The first-order valence-electron chi connectivity index (χ1n) is 8.47. The van der Waals surface area contributed by atoms with Crippen LogP contribution in [0.4, 0.5) is 5.69 Å². The molecule has 2 bridgehead atoms. The number of nitrogens with one attached hydrogen (secondary N) is 1. The van der Waals surface area contributed by atoms with Gasteiger partial charge in [-0.05, 0) is 66.4 Å². The van der Waals surface area contributed by atoms with Crippen molar-refractivity contribution in [2.45, 2.75) is 59.4 Å². The fraction of sp³-hybridized carbons (Fsp3) is 0.632. The molecular formula is C19H28N2S. The predicted octanol–water partition coefficient (Wildman–Crippen LogP) is 4.85. The Morgan fingerprint density at radius 3 is 2.55 bits per heavy atom. The van der Waals surface area contributed by atoms with Crippen molar-refractivity contribution in [1.29, 1.82) is 0 Å². The number of likely N-dealkylation sites (tertiary alicyclic amines) is 1. The van der Waals surface area contributed by atoms with Crippen molar-refractivity contribution in [2.24, 2.45) is 10.8 Å². The third-order valence-electron chi connectivity index (χ3n) is 5.29. The normalized spacial score (nSPS) is 29.5. The first kappa shape index (κ1) is 15.8. The van der Waals surface area contributed by atoms with E-state index in [2.05, 4.69) is 62.2 Å². The second-order valence-electron chi connectivity index (χ2n) is 8.32. The molecule has 3 rings (SSSR count). The summed E-state index contributed by atoms with van der Waals surface area (Å²) in [5, 5.41) is 4.35. The summed E-state index contributed by atoms with van der Waals surface area (Å²) in [6.07, 6.45) is 4.92. The predicted molar refractivity (Wildman–Crippen MR) is 98.3 cm³/mol. The fourth-order valence-corrected chi connectivity index (χ4v) is 5.05. The minimum absolute atomic E-state index is 0.421. The summed E-state index contributed by atoms with van der Waals surface area (Å²) >= 11 is 5.72. The van der Waals surface area contributed by atoms with Crippen LogP contribution in [0.1, 0.15) is 52.5 Å². The largest absolute Gasteiger partial charge is 0.345 e. The van der Waals surface area contributed by atoms with Gasteiger partial charge in [-0.1, -0.05) is 39.8 Å². The van der Waals surface area contributed by atoms with E-state index >= 15 is 0 Å². The Hall–Kier alpha value is -1.09. The van der Waals surface area contributed by atoms with Gasteiger partial charge in [-0.15, -0.1) is 0 Å². The lowest BCUT2D eigenvalue weighted by atomic mass is 9.65. The highest BCUT2D eigenvalue weighted by molar-refractivity contribution is 7.80. The Kier molecular flexibility index (Phi) is 3.96. The van der Waals surface area contributed by atoms with Crippen LogP contribution in [0.25, 0.3) is 0 Å². The third-order valence-corrected chi connectivity index (χ3v) is 5.63. The van der Waals surface area contributed by atoms with Gasteiger partial charge >= 0.3 is 0 Å². The van der Waals surface area contributed by atoms with Crippen LogP contribution in [0, 0.1) is 10.8 Å². The van der Waals surface area contributed by atoms with Crippen LogP contribution in [0.5, 0.6) is 0 Å². The van der Waals surface area contributed by atoms with Gasteiger partial charge in [-0.2, -0.15) is 0 Å². The van der Waals surface area contributed by atoms with E-state index < -0.39 is 0 Å². The van der Waals surface area contributed by atoms with E-state index in [1.54, 1.807) is 0 Å². The van der Waals surface area contributed by atoms with Crippen LogP contribution >= 0.6 is 12.2 Å². The number of hydrogen-bond acceptors (Lipinski definition) is 1. The van der Waals surface area contributed by atoms with Crippen molar-refractivity contribution in [1.82, 2.24) is 4.90 Å². The van der Waals surface area contributed by atoms with Crippen LogP contribution in [-0.2, 0) is 6.42 Å². The molecule has 1 saturated carbocycles. The summed E-state index contributed by atoms with van der Waals surface area (Å²) in [4.78, 5) is 2.44. The number of fused-ring (bicyclic) bond motifs is 2. The molecule has 2 aliphatic rings. The molecule has 1 aromatic rings. The molecule has 0 aromatic heterocycles. The summed E-state index contributed by atoms with van der Waals surface area (Å²) in [5.41, 5.74) is 3.32. The molecule has 0 amide bonds. The van der Waals surface area contributed by atoms with Gasteiger partial charge in [0.2, 0.25) is 0 Å². The summed E-state index contributed by atoms with van der Waals surface area (Å²) in [7, 11) is 0. The molecule has 2 atom stereocenters. The van der Waals surface area contributed by atoms with Gasteiger partial charge in [0.1, 0.15) is 0 Å². The second kappa shape index (κ2) is 5.52.